The van der Waals surface area contributed by atoms with E-state index in [9.17, 15) is 15.8 Å². The molecule has 0 amide bonds. The van der Waals surface area contributed by atoms with Gasteiger partial charge >= 0.3 is 0 Å². The van der Waals surface area contributed by atoms with Crippen molar-refractivity contribution in [3.05, 3.63) is 0 Å². The lowest BCUT2D eigenvalue weighted by atomic mass is 9.53. The summed E-state index contributed by atoms with van der Waals surface area (Å²) in [5.74, 6) is -1.93. The van der Waals surface area contributed by atoms with Crippen LogP contribution < -0.4 is 0 Å². The van der Waals surface area contributed by atoms with Crippen molar-refractivity contribution in [3.8, 4) is 18.2 Å². The molecular formula is C17H22N4O2. The number of nitrogens with one attached hydrogen (secondary N) is 1. The molecule has 0 aliphatic carbocycles. The summed E-state index contributed by atoms with van der Waals surface area (Å²) >= 11 is 0. The maximum Gasteiger partial charge on any atom is 0.214 e. The summed E-state index contributed by atoms with van der Waals surface area (Å²) in [6.07, 6.45) is 2.72. The van der Waals surface area contributed by atoms with Gasteiger partial charge in [0.25, 0.3) is 0 Å². The first-order valence-electron chi connectivity index (χ1n) is 8.12. The van der Waals surface area contributed by atoms with E-state index in [1.165, 1.54) is 0 Å². The van der Waals surface area contributed by atoms with Crippen LogP contribution >= 0.6 is 0 Å². The number of unbranched alkanes of at least 4 members (excludes halogenated alkanes) is 1. The zero-order valence-corrected chi connectivity index (χ0v) is 13.8. The van der Waals surface area contributed by atoms with Gasteiger partial charge in [-0.1, -0.05) is 33.1 Å². The number of hydrogen-bond acceptors (Lipinski definition) is 6. The zero-order chi connectivity index (χ0) is 17.3. The Hall–Kier alpha value is -2.10. The largest absolute Gasteiger partial charge is 0.448 e. The second-order valence-electron chi connectivity index (χ2n) is 6.49. The third kappa shape index (κ3) is 1.97. The molecule has 0 spiro atoms. The summed E-state index contributed by atoms with van der Waals surface area (Å²) in [5.41, 5.74) is -3.29. The maximum atomic E-state index is 9.96. The number of nitrogens with zero attached hydrogens (tertiary/aromatic N) is 3. The Morgan fingerprint density at radius 1 is 1.09 bits per heavy atom. The average molecular weight is 314 g/mol. The van der Waals surface area contributed by atoms with Gasteiger partial charge in [-0.05, 0) is 12.8 Å². The molecular weight excluding hydrogens is 292 g/mol. The Morgan fingerprint density at radius 2 is 1.74 bits per heavy atom. The van der Waals surface area contributed by atoms with E-state index in [2.05, 4.69) is 18.2 Å². The van der Waals surface area contributed by atoms with Crippen LogP contribution in [0.25, 0.3) is 0 Å². The van der Waals surface area contributed by atoms with E-state index in [1.807, 2.05) is 13.8 Å². The summed E-state index contributed by atoms with van der Waals surface area (Å²) in [4.78, 5) is 0. The lowest BCUT2D eigenvalue weighted by molar-refractivity contribution is -0.272. The zero-order valence-electron chi connectivity index (χ0n) is 13.8. The first-order chi connectivity index (χ1) is 10.9. The van der Waals surface area contributed by atoms with E-state index in [4.69, 9.17) is 14.9 Å². The highest BCUT2D eigenvalue weighted by atomic mass is 16.7. The molecule has 0 aromatic heterocycles. The van der Waals surface area contributed by atoms with Gasteiger partial charge in [0, 0.05) is 6.92 Å². The van der Waals surface area contributed by atoms with Gasteiger partial charge < -0.3 is 9.47 Å². The van der Waals surface area contributed by atoms with Crippen molar-refractivity contribution < 1.29 is 9.47 Å². The molecule has 0 aromatic rings. The van der Waals surface area contributed by atoms with Crippen LogP contribution in [0.3, 0.4) is 0 Å². The number of fused-ring (bicyclic) bond motifs is 2. The summed E-state index contributed by atoms with van der Waals surface area (Å²) < 4.78 is 11.7. The van der Waals surface area contributed by atoms with Crippen LogP contribution in [0.5, 0.6) is 0 Å². The molecule has 2 saturated heterocycles. The molecule has 23 heavy (non-hydrogen) atoms. The molecule has 4 atom stereocenters. The summed E-state index contributed by atoms with van der Waals surface area (Å²) in [6, 6.07) is 6.25. The maximum absolute atomic E-state index is 9.96. The van der Waals surface area contributed by atoms with E-state index in [0.717, 1.165) is 19.3 Å². The summed E-state index contributed by atoms with van der Waals surface area (Å²) in [6.45, 7) is 5.69. The van der Waals surface area contributed by atoms with Crippen LogP contribution in [-0.4, -0.2) is 17.8 Å². The molecule has 0 radical (unpaired) electrons. The fourth-order valence-corrected chi connectivity index (χ4v) is 4.09. The predicted octanol–water partition coefficient (Wildman–Crippen LogP) is 3.26. The molecule has 2 aliphatic rings. The van der Waals surface area contributed by atoms with Crippen LogP contribution in [-0.2, 0) is 9.47 Å². The van der Waals surface area contributed by atoms with Crippen LogP contribution in [0.1, 0.15) is 52.9 Å². The van der Waals surface area contributed by atoms with Gasteiger partial charge in [-0.2, -0.15) is 15.8 Å². The third-order valence-corrected chi connectivity index (χ3v) is 5.23. The Bertz CT molecular complexity index is 612. The molecule has 0 saturated carbocycles. The fraction of sp³-hybridized carbons (Fsp3) is 0.765. The van der Waals surface area contributed by atoms with Crippen molar-refractivity contribution in [1.29, 1.82) is 21.2 Å². The minimum absolute atomic E-state index is 0.303. The molecule has 1 N–H and O–H groups in total. The van der Waals surface area contributed by atoms with Gasteiger partial charge in [-0.3, -0.25) is 5.41 Å². The van der Waals surface area contributed by atoms with Crippen molar-refractivity contribution in [1.82, 2.24) is 0 Å². The molecule has 2 aliphatic heterocycles. The fourth-order valence-electron chi connectivity index (χ4n) is 4.09. The van der Waals surface area contributed by atoms with Gasteiger partial charge in [-0.15, -0.1) is 0 Å². The van der Waals surface area contributed by atoms with Crippen LogP contribution in [0, 0.1) is 56.2 Å². The van der Waals surface area contributed by atoms with Crippen LogP contribution in [0.15, 0.2) is 0 Å². The molecule has 2 heterocycles. The summed E-state index contributed by atoms with van der Waals surface area (Å²) in [7, 11) is 0. The standard InChI is InChI=1S/C17H22N4O2/c1-4-6-8-13-16(9-18,10-19)17(11-20)12(7-5-2)15(3,22-13)23-14(17)21/h12-13,21H,4-8H2,1-3H3. The van der Waals surface area contributed by atoms with E-state index in [1.54, 1.807) is 6.92 Å². The van der Waals surface area contributed by atoms with Gasteiger partial charge in [0.2, 0.25) is 11.7 Å². The highest BCUT2D eigenvalue weighted by molar-refractivity contribution is 5.89. The first-order valence-corrected chi connectivity index (χ1v) is 8.12. The lowest BCUT2D eigenvalue weighted by Gasteiger charge is -2.48. The predicted molar refractivity (Wildman–Crippen MR) is 81.7 cm³/mol. The van der Waals surface area contributed by atoms with Crippen molar-refractivity contribution in [3.63, 3.8) is 0 Å². The van der Waals surface area contributed by atoms with Gasteiger partial charge in [0.15, 0.2) is 10.8 Å². The van der Waals surface area contributed by atoms with Crippen molar-refractivity contribution in [2.24, 2.45) is 16.7 Å². The minimum atomic E-state index is -1.72. The number of rotatable bonds is 5. The van der Waals surface area contributed by atoms with Crippen molar-refractivity contribution in [2.45, 2.75) is 64.8 Å². The highest BCUT2D eigenvalue weighted by Crippen LogP contribution is 2.64. The molecule has 6 heteroatoms. The molecule has 0 aromatic carbocycles. The van der Waals surface area contributed by atoms with Gasteiger partial charge in [0.05, 0.1) is 30.2 Å². The normalized spacial score (nSPS) is 37.3. The van der Waals surface area contributed by atoms with E-state index >= 15 is 0 Å². The monoisotopic (exact) mass is 314 g/mol. The van der Waals surface area contributed by atoms with E-state index < -0.39 is 28.6 Å². The molecule has 2 bridgehead atoms. The molecule has 6 nitrogen and oxygen atoms in total. The van der Waals surface area contributed by atoms with Crippen molar-refractivity contribution in [2.75, 3.05) is 0 Å². The second-order valence-corrected chi connectivity index (χ2v) is 6.49. The number of ether oxygens (including phenoxy) is 2. The van der Waals surface area contributed by atoms with Crippen LogP contribution in [0.2, 0.25) is 0 Å². The second kappa shape index (κ2) is 5.84. The van der Waals surface area contributed by atoms with E-state index in [0.29, 0.717) is 12.8 Å². The quantitative estimate of drug-likeness (QED) is 0.836. The Balaban J connectivity index is 2.68. The van der Waals surface area contributed by atoms with Crippen LogP contribution in [0.4, 0.5) is 0 Å². The number of hydrogen-bond donors (Lipinski definition) is 1. The van der Waals surface area contributed by atoms with Gasteiger partial charge in [0.1, 0.15) is 0 Å². The topological polar surface area (TPSA) is 114 Å². The molecule has 122 valence electrons. The highest BCUT2D eigenvalue weighted by Gasteiger charge is 2.78. The first kappa shape index (κ1) is 17.3. The Kier molecular flexibility index (Phi) is 4.38. The molecule has 2 fully saturated rings. The third-order valence-electron chi connectivity index (χ3n) is 5.23. The lowest BCUT2D eigenvalue weighted by Crippen LogP contribution is -2.61. The average Bonchev–Trinajstić information content (AvgIpc) is 2.70. The molecule has 4 unspecified atom stereocenters. The molecule has 2 rings (SSSR count). The van der Waals surface area contributed by atoms with Crippen molar-refractivity contribution >= 4 is 5.90 Å². The SMILES string of the molecule is CCCCC1OC2(C)OC(=N)C(C#N)(C2CCC)C1(C#N)C#N. The number of nitriles is 3. The van der Waals surface area contributed by atoms with E-state index in [-0.39, 0.29) is 5.90 Å². The van der Waals surface area contributed by atoms with Gasteiger partial charge in [-0.25, -0.2) is 0 Å². The smallest absolute Gasteiger partial charge is 0.214 e. The Labute approximate surface area is 137 Å². The summed E-state index contributed by atoms with van der Waals surface area (Å²) in [5, 5.41) is 37.9. The Morgan fingerprint density at radius 3 is 2.22 bits per heavy atom. The minimum Gasteiger partial charge on any atom is -0.448 e.